The van der Waals surface area contributed by atoms with Gasteiger partial charge in [0.15, 0.2) is 0 Å². The first-order valence-electron chi connectivity index (χ1n) is 7.07. The largest absolute Gasteiger partial charge is 0.496 e. The van der Waals surface area contributed by atoms with Gasteiger partial charge >= 0.3 is 0 Å². The number of aromatic amines is 1. The third kappa shape index (κ3) is 2.76. The van der Waals surface area contributed by atoms with E-state index in [9.17, 15) is 0 Å². The summed E-state index contributed by atoms with van der Waals surface area (Å²) in [5.41, 5.74) is 1.18. The van der Waals surface area contributed by atoms with Crippen molar-refractivity contribution in [3.63, 3.8) is 0 Å². The minimum atomic E-state index is 0.156. The molecule has 0 fully saturated rings. The van der Waals surface area contributed by atoms with Gasteiger partial charge in [0.2, 0.25) is 0 Å². The average molecular weight is 281 g/mol. The van der Waals surface area contributed by atoms with Gasteiger partial charge in [-0.3, -0.25) is 0 Å². The lowest BCUT2D eigenvalue weighted by Crippen LogP contribution is -2.19. The third-order valence-corrected chi connectivity index (χ3v) is 3.73. The van der Waals surface area contributed by atoms with Crippen LogP contribution < -0.4 is 10.1 Å². The fourth-order valence-electron chi connectivity index (χ4n) is 2.56. The highest BCUT2D eigenvalue weighted by atomic mass is 16.5. The predicted molar refractivity (Wildman–Crippen MR) is 84.3 cm³/mol. The molecule has 21 heavy (non-hydrogen) atoms. The van der Waals surface area contributed by atoms with Crippen LogP contribution in [0.2, 0.25) is 0 Å². The van der Waals surface area contributed by atoms with Gasteiger partial charge in [-0.1, -0.05) is 30.3 Å². The number of imidazole rings is 1. The van der Waals surface area contributed by atoms with Gasteiger partial charge in [-0.15, -0.1) is 0 Å². The zero-order valence-electron chi connectivity index (χ0n) is 12.3. The maximum atomic E-state index is 5.51. The van der Waals surface area contributed by atoms with Gasteiger partial charge in [0, 0.05) is 24.5 Å². The first kappa shape index (κ1) is 13.6. The molecule has 0 saturated heterocycles. The summed E-state index contributed by atoms with van der Waals surface area (Å²) in [6.45, 7) is 2.82. The lowest BCUT2D eigenvalue weighted by Gasteiger charge is -2.16. The van der Waals surface area contributed by atoms with Gasteiger partial charge in [-0.05, 0) is 23.8 Å². The molecule has 4 heteroatoms. The van der Waals surface area contributed by atoms with Gasteiger partial charge in [0.1, 0.15) is 11.6 Å². The number of aromatic nitrogens is 2. The van der Waals surface area contributed by atoms with Crippen molar-refractivity contribution in [2.75, 3.05) is 7.11 Å². The molecule has 0 saturated carbocycles. The Kier molecular flexibility index (Phi) is 3.88. The summed E-state index contributed by atoms with van der Waals surface area (Å²) in [4.78, 5) is 7.42. The molecule has 2 aromatic carbocycles. The van der Waals surface area contributed by atoms with Gasteiger partial charge in [0.25, 0.3) is 0 Å². The fraction of sp³-hybridized carbons (Fsp3) is 0.235. The molecule has 0 aliphatic rings. The van der Waals surface area contributed by atoms with Crippen molar-refractivity contribution in [3.8, 4) is 5.75 Å². The molecule has 1 unspecified atom stereocenters. The van der Waals surface area contributed by atoms with Crippen molar-refractivity contribution < 1.29 is 4.74 Å². The summed E-state index contributed by atoms with van der Waals surface area (Å²) in [6, 6.07) is 12.6. The molecule has 0 radical (unpaired) electrons. The SMILES string of the molecule is COc1ccc2ccccc2c1CNC(C)c1ncc[nH]1. The number of methoxy groups -OCH3 is 1. The maximum absolute atomic E-state index is 5.51. The second kappa shape index (κ2) is 5.97. The Morgan fingerprint density at radius 2 is 2.10 bits per heavy atom. The summed E-state index contributed by atoms with van der Waals surface area (Å²) in [6.07, 6.45) is 3.61. The van der Waals surface area contributed by atoms with Gasteiger partial charge in [0.05, 0.1) is 13.2 Å². The standard InChI is InChI=1S/C17H19N3O/c1-12(17-18-9-10-19-17)20-11-15-14-6-4-3-5-13(14)7-8-16(15)21-2/h3-10,12,20H,11H2,1-2H3,(H,18,19). The van der Waals surface area contributed by atoms with Crippen LogP contribution in [0.5, 0.6) is 5.75 Å². The molecule has 0 spiro atoms. The van der Waals surface area contributed by atoms with Crippen LogP contribution >= 0.6 is 0 Å². The Hall–Kier alpha value is -2.33. The summed E-state index contributed by atoms with van der Waals surface area (Å²) in [5, 5.41) is 5.94. The fourth-order valence-corrected chi connectivity index (χ4v) is 2.56. The highest BCUT2D eigenvalue weighted by molar-refractivity contribution is 5.87. The van der Waals surface area contributed by atoms with Crippen LogP contribution in [-0.4, -0.2) is 17.1 Å². The van der Waals surface area contributed by atoms with Gasteiger partial charge in [-0.25, -0.2) is 4.98 Å². The molecule has 1 atom stereocenters. The number of nitrogens with one attached hydrogen (secondary N) is 2. The normalized spacial score (nSPS) is 12.5. The average Bonchev–Trinajstić information content (AvgIpc) is 3.06. The van der Waals surface area contributed by atoms with E-state index in [0.29, 0.717) is 0 Å². The van der Waals surface area contributed by atoms with Crippen molar-refractivity contribution in [1.82, 2.24) is 15.3 Å². The van der Waals surface area contributed by atoms with E-state index in [1.807, 2.05) is 12.3 Å². The van der Waals surface area contributed by atoms with Crippen molar-refractivity contribution >= 4 is 10.8 Å². The molecule has 1 heterocycles. The molecule has 0 aliphatic heterocycles. The highest BCUT2D eigenvalue weighted by Crippen LogP contribution is 2.28. The lowest BCUT2D eigenvalue weighted by molar-refractivity contribution is 0.406. The second-order valence-corrected chi connectivity index (χ2v) is 5.04. The summed E-state index contributed by atoms with van der Waals surface area (Å²) in [5.74, 6) is 1.85. The molecular formula is C17H19N3O. The zero-order valence-corrected chi connectivity index (χ0v) is 12.3. The smallest absolute Gasteiger partial charge is 0.123 e. The molecule has 3 aromatic rings. The molecule has 3 rings (SSSR count). The second-order valence-electron chi connectivity index (χ2n) is 5.04. The zero-order chi connectivity index (χ0) is 14.7. The Bertz CT molecular complexity index is 722. The Labute approximate surface area is 124 Å². The maximum Gasteiger partial charge on any atom is 0.123 e. The summed E-state index contributed by atoms with van der Waals surface area (Å²) in [7, 11) is 1.71. The number of H-pyrrole nitrogens is 1. The van der Waals surface area contributed by atoms with E-state index >= 15 is 0 Å². The molecule has 2 N–H and O–H groups in total. The number of rotatable bonds is 5. The van der Waals surface area contributed by atoms with Crippen LogP contribution in [-0.2, 0) is 6.54 Å². The molecule has 108 valence electrons. The van der Waals surface area contributed by atoms with Crippen molar-refractivity contribution in [2.45, 2.75) is 19.5 Å². The van der Waals surface area contributed by atoms with Crippen LogP contribution in [0.1, 0.15) is 24.4 Å². The highest BCUT2D eigenvalue weighted by Gasteiger charge is 2.11. The quantitative estimate of drug-likeness (QED) is 0.753. The summed E-state index contributed by atoms with van der Waals surface area (Å²) >= 11 is 0. The predicted octanol–water partition coefficient (Wildman–Crippen LogP) is 3.42. The lowest BCUT2D eigenvalue weighted by atomic mass is 10.0. The van der Waals surface area contributed by atoms with Gasteiger partial charge < -0.3 is 15.0 Å². The van der Waals surface area contributed by atoms with Crippen LogP contribution in [0, 0.1) is 0 Å². The van der Waals surface area contributed by atoms with Crippen molar-refractivity contribution in [1.29, 1.82) is 0 Å². The first-order valence-corrected chi connectivity index (χ1v) is 7.07. The van der Waals surface area contributed by atoms with Crippen molar-refractivity contribution in [3.05, 3.63) is 60.2 Å². The number of hydrogen-bond acceptors (Lipinski definition) is 3. The molecule has 0 amide bonds. The van der Waals surface area contributed by atoms with E-state index in [1.165, 1.54) is 16.3 Å². The number of hydrogen-bond donors (Lipinski definition) is 2. The monoisotopic (exact) mass is 281 g/mol. The van der Waals surface area contributed by atoms with Gasteiger partial charge in [-0.2, -0.15) is 0 Å². The molecular weight excluding hydrogens is 262 g/mol. The Balaban J connectivity index is 1.88. The van der Waals surface area contributed by atoms with E-state index in [0.717, 1.165) is 18.1 Å². The molecule has 1 aromatic heterocycles. The molecule has 4 nitrogen and oxygen atoms in total. The third-order valence-electron chi connectivity index (χ3n) is 3.73. The molecule has 0 aliphatic carbocycles. The van der Waals surface area contributed by atoms with E-state index in [1.54, 1.807) is 13.3 Å². The topological polar surface area (TPSA) is 49.9 Å². The number of benzene rings is 2. The number of fused-ring (bicyclic) bond motifs is 1. The van der Waals surface area contributed by atoms with E-state index in [4.69, 9.17) is 4.74 Å². The van der Waals surface area contributed by atoms with Crippen LogP contribution in [0.3, 0.4) is 0 Å². The van der Waals surface area contributed by atoms with Crippen molar-refractivity contribution in [2.24, 2.45) is 0 Å². The Morgan fingerprint density at radius 3 is 2.86 bits per heavy atom. The molecule has 0 bridgehead atoms. The first-order chi connectivity index (χ1) is 10.3. The Morgan fingerprint density at radius 1 is 1.24 bits per heavy atom. The minimum absolute atomic E-state index is 0.156. The van der Waals surface area contributed by atoms with Crippen LogP contribution in [0.4, 0.5) is 0 Å². The number of nitrogens with zero attached hydrogens (tertiary/aromatic N) is 1. The number of ether oxygens (including phenoxy) is 1. The van der Waals surface area contributed by atoms with E-state index < -0.39 is 0 Å². The van der Waals surface area contributed by atoms with E-state index in [2.05, 4.69) is 52.5 Å². The van der Waals surface area contributed by atoms with Crippen LogP contribution in [0.25, 0.3) is 10.8 Å². The van der Waals surface area contributed by atoms with E-state index in [-0.39, 0.29) is 6.04 Å². The van der Waals surface area contributed by atoms with Crippen LogP contribution in [0.15, 0.2) is 48.8 Å². The minimum Gasteiger partial charge on any atom is -0.496 e. The summed E-state index contributed by atoms with van der Waals surface area (Å²) < 4.78 is 5.51.